The molecule has 5 nitrogen and oxygen atoms in total. The van der Waals surface area contributed by atoms with Gasteiger partial charge in [0, 0.05) is 16.5 Å². The van der Waals surface area contributed by atoms with Crippen molar-refractivity contribution in [3.05, 3.63) is 90.8 Å². The Labute approximate surface area is 168 Å². The minimum atomic E-state index is -0.325. The third-order valence-electron chi connectivity index (χ3n) is 5.22. The Hall–Kier alpha value is -4.13. The molecule has 0 radical (unpaired) electrons. The lowest BCUT2D eigenvalue weighted by molar-refractivity contribution is 0.627. The molecule has 6 aromatic rings. The molecule has 3 aromatic carbocycles. The van der Waals surface area contributed by atoms with Crippen LogP contribution in [0.25, 0.3) is 44.8 Å². The largest absolute Gasteiger partial charge is 0.259 e. The smallest absolute Gasteiger partial charge is 0.239 e. The fourth-order valence-electron chi connectivity index (χ4n) is 3.88. The minimum absolute atomic E-state index is 0.323. The summed E-state index contributed by atoms with van der Waals surface area (Å²) >= 11 is 0. The molecule has 0 saturated carbocycles. The van der Waals surface area contributed by atoms with E-state index in [0.717, 1.165) is 27.7 Å². The van der Waals surface area contributed by atoms with Crippen molar-refractivity contribution in [1.82, 2.24) is 24.0 Å². The Morgan fingerprint density at radius 2 is 1.40 bits per heavy atom. The summed E-state index contributed by atoms with van der Waals surface area (Å²) in [5.41, 5.74) is 4.48. The first-order valence-electron chi connectivity index (χ1n) is 9.35. The zero-order chi connectivity index (χ0) is 20.2. The van der Waals surface area contributed by atoms with E-state index >= 15 is 0 Å². The predicted octanol–water partition coefficient (Wildman–Crippen LogP) is 5.14. The second kappa shape index (κ2) is 6.18. The fraction of sp³-hybridized carbons (Fsp3) is 0. The van der Waals surface area contributed by atoms with E-state index in [1.54, 1.807) is 28.8 Å². The number of aromatic nitrogens is 5. The number of nitrogens with zero attached hydrogens (tertiary/aromatic N) is 5. The molecule has 0 N–H and O–H groups in total. The van der Waals surface area contributed by atoms with Crippen LogP contribution >= 0.6 is 0 Å². The summed E-state index contributed by atoms with van der Waals surface area (Å²) in [6.45, 7) is 0. The molecule has 0 aliphatic carbocycles. The van der Waals surface area contributed by atoms with Gasteiger partial charge in [0.05, 0.1) is 16.9 Å². The van der Waals surface area contributed by atoms with E-state index in [0.29, 0.717) is 17.1 Å². The maximum absolute atomic E-state index is 13.6. The van der Waals surface area contributed by atoms with E-state index in [1.807, 2.05) is 28.7 Å². The van der Waals surface area contributed by atoms with Crippen LogP contribution in [-0.4, -0.2) is 24.0 Å². The maximum atomic E-state index is 13.6. The average Bonchev–Trinajstić information content (AvgIpc) is 3.40. The summed E-state index contributed by atoms with van der Waals surface area (Å²) in [6, 6.07) is 20.2. The SMILES string of the molecule is Fc1ccc(-c2nc3c4ccccc4n4ncnc4n3c2-c2ccc(F)cc2)cc1. The van der Waals surface area contributed by atoms with Gasteiger partial charge in [0.1, 0.15) is 23.6 Å². The van der Waals surface area contributed by atoms with Crippen LogP contribution in [0.2, 0.25) is 0 Å². The van der Waals surface area contributed by atoms with E-state index in [4.69, 9.17) is 4.98 Å². The molecule has 0 unspecified atom stereocenters. The number of para-hydroxylation sites is 1. The molecule has 0 amide bonds. The Balaban J connectivity index is 1.83. The van der Waals surface area contributed by atoms with Gasteiger partial charge in [0.25, 0.3) is 0 Å². The predicted molar refractivity (Wildman–Crippen MR) is 110 cm³/mol. The van der Waals surface area contributed by atoms with E-state index in [-0.39, 0.29) is 11.6 Å². The Morgan fingerprint density at radius 1 is 0.733 bits per heavy atom. The highest BCUT2D eigenvalue weighted by atomic mass is 19.1. The zero-order valence-corrected chi connectivity index (χ0v) is 15.5. The van der Waals surface area contributed by atoms with Gasteiger partial charge in [-0.2, -0.15) is 14.6 Å². The lowest BCUT2D eigenvalue weighted by Gasteiger charge is -2.08. The quantitative estimate of drug-likeness (QED) is 0.406. The highest BCUT2D eigenvalue weighted by molar-refractivity contribution is 5.97. The molecule has 0 spiro atoms. The van der Waals surface area contributed by atoms with Crippen LogP contribution in [-0.2, 0) is 0 Å². The van der Waals surface area contributed by atoms with Gasteiger partial charge in [-0.3, -0.25) is 4.40 Å². The monoisotopic (exact) mass is 397 g/mol. The van der Waals surface area contributed by atoms with Crippen LogP contribution in [0.3, 0.4) is 0 Å². The molecular weight excluding hydrogens is 384 g/mol. The van der Waals surface area contributed by atoms with Crippen molar-refractivity contribution in [2.45, 2.75) is 0 Å². The average molecular weight is 397 g/mol. The number of hydrogen-bond acceptors (Lipinski definition) is 3. The summed E-state index contributed by atoms with van der Waals surface area (Å²) in [7, 11) is 0. The normalized spacial score (nSPS) is 11.7. The van der Waals surface area contributed by atoms with Crippen LogP contribution in [0.4, 0.5) is 8.78 Å². The van der Waals surface area contributed by atoms with Crippen molar-refractivity contribution < 1.29 is 8.78 Å². The van der Waals surface area contributed by atoms with Crippen LogP contribution < -0.4 is 0 Å². The molecule has 7 heteroatoms. The highest BCUT2D eigenvalue weighted by Crippen LogP contribution is 2.36. The molecule has 0 saturated heterocycles. The molecule has 30 heavy (non-hydrogen) atoms. The van der Waals surface area contributed by atoms with Gasteiger partial charge in [-0.25, -0.2) is 13.8 Å². The molecule has 0 atom stereocenters. The van der Waals surface area contributed by atoms with E-state index in [2.05, 4.69) is 10.1 Å². The topological polar surface area (TPSA) is 47.5 Å². The van der Waals surface area contributed by atoms with Gasteiger partial charge in [-0.05, 0) is 60.7 Å². The fourth-order valence-corrected chi connectivity index (χ4v) is 3.88. The molecular formula is C23H13F2N5. The summed E-state index contributed by atoms with van der Waals surface area (Å²) in [6.07, 6.45) is 1.49. The van der Waals surface area contributed by atoms with Gasteiger partial charge in [0.15, 0.2) is 0 Å². The number of rotatable bonds is 2. The molecule has 3 aromatic heterocycles. The van der Waals surface area contributed by atoms with E-state index in [1.165, 1.54) is 30.6 Å². The molecule has 144 valence electrons. The van der Waals surface area contributed by atoms with E-state index < -0.39 is 0 Å². The maximum Gasteiger partial charge on any atom is 0.239 e. The van der Waals surface area contributed by atoms with Gasteiger partial charge in [0.2, 0.25) is 5.78 Å². The number of hydrogen-bond donors (Lipinski definition) is 0. The van der Waals surface area contributed by atoms with Crippen LogP contribution in [0.1, 0.15) is 0 Å². The molecule has 3 heterocycles. The van der Waals surface area contributed by atoms with Crippen molar-refractivity contribution >= 4 is 22.3 Å². The summed E-state index contributed by atoms with van der Waals surface area (Å²) in [4.78, 5) is 9.40. The first kappa shape index (κ1) is 16.8. The zero-order valence-electron chi connectivity index (χ0n) is 15.5. The molecule has 0 aliphatic heterocycles. The second-order valence-corrected chi connectivity index (χ2v) is 6.97. The molecule has 0 bridgehead atoms. The third kappa shape index (κ3) is 2.35. The summed E-state index contributed by atoms with van der Waals surface area (Å²) in [5.74, 6) is -0.0611. The summed E-state index contributed by atoms with van der Waals surface area (Å²) in [5, 5.41) is 5.28. The number of halogens is 2. The Bertz CT molecular complexity index is 1550. The van der Waals surface area contributed by atoms with Crippen LogP contribution in [0.15, 0.2) is 79.1 Å². The van der Waals surface area contributed by atoms with Gasteiger partial charge >= 0.3 is 0 Å². The van der Waals surface area contributed by atoms with Crippen molar-refractivity contribution in [2.75, 3.05) is 0 Å². The van der Waals surface area contributed by atoms with Gasteiger partial charge in [-0.15, -0.1) is 0 Å². The Morgan fingerprint density at radius 3 is 2.13 bits per heavy atom. The van der Waals surface area contributed by atoms with Crippen LogP contribution in [0, 0.1) is 11.6 Å². The number of fused-ring (bicyclic) bond motifs is 6. The second-order valence-electron chi connectivity index (χ2n) is 6.97. The van der Waals surface area contributed by atoms with E-state index in [9.17, 15) is 8.78 Å². The number of imidazole rings is 1. The van der Waals surface area contributed by atoms with Crippen LogP contribution in [0.5, 0.6) is 0 Å². The van der Waals surface area contributed by atoms with Gasteiger partial charge in [-0.1, -0.05) is 12.1 Å². The first-order valence-corrected chi connectivity index (χ1v) is 9.35. The third-order valence-corrected chi connectivity index (χ3v) is 5.22. The number of benzene rings is 3. The van der Waals surface area contributed by atoms with Gasteiger partial charge < -0.3 is 0 Å². The lowest BCUT2D eigenvalue weighted by Crippen LogP contribution is -2.00. The first-order chi connectivity index (χ1) is 14.7. The Kier molecular flexibility index (Phi) is 3.46. The molecule has 6 rings (SSSR count). The highest BCUT2D eigenvalue weighted by Gasteiger charge is 2.21. The van der Waals surface area contributed by atoms with Crippen molar-refractivity contribution in [2.24, 2.45) is 0 Å². The lowest BCUT2D eigenvalue weighted by atomic mass is 10.0. The minimum Gasteiger partial charge on any atom is -0.259 e. The van der Waals surface area contributed by atoms with Crippen molar-refractivity contribution in [3.63, 3.8) is 0 Å². The van der Waals surface area contributed by atoms with Crippen molar-refractivity contribution in [1.29, 1.82) is 0 Å². The summed E-state index contributed by atoms with van der Waals surface area (Å²) < 4.78 is 30.9. The molecule has 0 aliphatic rings. The van der Waals surface area contributed by atoms with Crippen molar-refractivity contribution in [3.8, 4) is 22.5 Å². The standard InChI is InChI=1S/C23H13F2N5/c24-16-9-5-14(6-10-16)20-21(15-7-11-17(25)12-8-15)29-22(28-20)18-3-1-2-4-19(18)30-23(29)26-13-27-30/h1-13H. The molecule has 0 fully saturated rings.